The summed E-state index contributed by atoms with van der Waals surface area (Å²) >= 11 is 0. The highest BCUT2D eigenvalue weighted by molar-refractivity contribution is 5.90. The molecule has 0 bridgehead atoms. The van der Waals surface area contributed by atoms with Crippen molar-refractivity contribution in [3.8, 4) is 0 Å². The molecular formula is C11H16N4O3. The van der Waals surface area contributed by atoms with Gasteiger partial charge in [-0.3, -0.25) is 10.1 Å². The first kappa shape index (κ1) is 11.6. The Balaban J connectivity index is 1.60. The van der Waals surface area contributed by atoms with Crippen molar-refractivity contribution >= 4 is 11.9 Å². The van der Waals surface area contributed by atoms with Crippen LogP contribution in [0.15, 0.2) is 4.42 Å². The third-order valence-corrected chi connectivity index (χ3v) is 3.33. The van der Waals surface area contributed by atoms with Gasteiger partial charge in [-0.15, -0.1) is 5.10 Å². The first-order valence-corrected chi connectivity index (χ1v) is 6.28. The zero-order valence-electron chi connectivity index (χ0n) is 10.0. The van der Waals surface area contributed by atoms with Crippen LogP contribution in [-0.2, 0) is 9.53 Å². The first-order chi connectivity index (χ1) is 8.83. The number of amides is 1. The Morgan fingerprint density at radius 3 is 3.06 bits per heavy atom. The van der Waals surface area contributed by atoms with Gasteiger partial charge in [0, 0.05) is 6.61 Å². The average Bonchev–Trinajstić information content (AvgIpc) is 3.12. The molecule has 0 saturated carbocycles. The molecular weight excluding hydrogens is 236 g/mol. The molecule has 3 rings (SSSR count). The van der Waals surface area contributed by atoms with Crippen LogP contribution in [0.25, 0.3) is 0 Å². The van der Waals surface area contributed by atoms with Crippen molar-refractivity contribution < 1.29 is 13.9 Å². The Hall–Kier alpha value is -1.47. The summed E-state index contributed by atoms with van der Waals surface area (Å²) in [6, 6.07) is 0.300. The Morgan fingerprint density at radius 2 is 2.33 bits per heavy atom. The van der Waals surface area contributed by atoms with E-state index in [1.54, 1.807) is 0 Å². The fourth-order valence-electron chi connectivity index (χ4n) is 2.27. The van der Waals surface area contributed by atoms with E-state index < -0.39 is 0 Å². The molecule has 0 aromatic carbocycles. The van der Waals surface area contributed by atoms with Crippen molar-refractivity contribution in [2.75, 3.05) is 25.1 Å². The van der Waals surface area contributed by atoms with Gasteiger partial charge in [0.05, 0.1) is 18.6 Å². The van der Waals surface area contributed by atoms with Crippen LogP contribution in [0.5, 0.6) is 0 Å². The summed E-state index contributed by atoms with van der Waals surface area (Å²) in [7, 11) is 0. The molecule has 1 aromatic rings. The van der Waals surface area contributed by atoms with Gasteiger partial charge in [0.2, 0.25) is 11.8 Å². The number of nitrogens with zero attached hydrogens (tertiary/aromatic N) is 2. The minimum absolute atomic E-state index is 0.107. The summed E-state index contributed by atoms with van der Waals surface area (Å²) in [6.45, 7) is 2.07. The highest BCUT2D eigenvalue weighted by Crippen LogP contribution is 2.23. The molecule has 1 amide bonds. The van der Waals surface area contributed by atoms with E-state index in [4.69, 9.17) is 9.15 Å². The smallest absolute Gasteiger partial charge is 0.322 e. The van der Waals surface area contributed by atoms with Crippen molar-refractivity contribution in [2.45, 2.75) is 25.3 Å². The van der Waals surface area contributed by atoms with Gasteiger partial charge in [-0.1, -0.05) is 5.10 Å². The van der Waals surface area contributed by atoms with Crippen LogP contribution in [0.3, 0.4) is 0 Å². The van der Waals surface area contributed by atoms with E-state index in [0.717, 1.165) is 25.8 Å². The highest BCUT2D eigenvalue weighted by Gasteiger charge is 2.26. The van der Waals surface area contributed by atoms with Gasteiger partial charge in [0.25, 0.3) is 0 Å². The lowest BCUT2D eigenvalue weighted by atomic mass is 10.1. The molecule has 7 nitrogen and oxygen atoms in total. The lowest BCUT2D eigenvalue weighted by molar-refractivity contribution is -0.119. The number of rotatable bonds is 3. The van der Waals surface area contributed by atoms with Gasteiger partial charge in [-0.25, -0.2) is 0 Å². The van der Waals surface area contributed by atoms with Crippen molar-refractivity contribution in [3.63, 3.8) is 0 Å². The maximum Gasteiger partial charge on any atom is 0.322 e. The number of ether oxygens (including phenoxy) is 1. The maximum atomic E-state index is 11.8. The van der Waals surface area contributed by atoms with E-state index in [9.17, 15) is 4.79 Å². The minimum Gasteiger partial charge on any atom is -0.406 e. The molecule has 2 N–H and O–H groups in total. The lowest BCUT2D eigenvalue weighted by Gasteiger charge is -2.05. The second-order valence-electron chi connectivity index (χ2n) is 4.64. The van der Waals surface area contributed by atoms with E-state index in [2.05, 4.69) is 20.8 Å². The van der Waals surface area contributed by atoms with Crippen molar-refractivity contribution in [1.29, 1.82) is 0 Å². The second-order valence-corrected chi connectivity index (χ2v) is 4.64. The zero-order chi connectivity index (χ0) is 12.4. The Bertz CT molecular complexity index is 422. The molecule has 98 valence electrons. The lowest BCUT2D eigenvalue weighted by Crippen LogP contribution is -2.22. The predicted molar refractivity (Wildman–Crippen MR) is 61.8 cm³/mol. The largest absolute Gasteiger partial charge is 0.406 e. The number of hydrogen-bond donors (Lipinski definition) is 2. The first-order valence-electron chi connectivity index (χ1n) is 6.28. The van der Waals surface area contributed by atoms with Gasteiger partial charge in [-0.2, -0.15) is 0 Å². The summed E-state index contributed by atoms with van der Waals surface area (Å²) in [6.07, 6.45) is 2.84. The van der Waals surface area contributed by atoms with Crippen LogP contribution in [0.1, 0.15) is 31.2 Å². The number of nitrogens with one attached hydrogen (secondary N) is 2. The zero-order valence-corrected chi connectivity index (χ0v) is 10.0. The maximum absolute atomic E-state index is 11.8. The SMILES string of the molecule is O=C(Nc1nnc(C2CCCN2)o1)C1CCOC1. The van der Waals surface area contributed by atoms with Crippen LogP contribution >= 0.6 is 0 Å². The van der Waals surface area contributed by atoms with Gasteiger partial charge >= 0.3 is 6.01 Å². The summed E-state index contributed by atoms with van der Waals surface area (Å²) in [5.74, 6) is 0.331. The van der Waals surface area contributed by atoms with E-state index in [0.29, 0.717) is 19.1 Å². The standard InChI is InChI=1S/C11H16N4O3/c16-9(7-3-5-17-6-7)13-11-15-14-10(18-11)8-2-1-4-12-8/h7-8,12H,1-6H2,(H,13,15,16). The van der Waals surface area contributed by atoms with Gasteiger partial charge in [0.15, 0.2) is 0 Å². The quantitative estimate of drug-likeness (QED) is 0.812. The molecule has 0 aliphatic carbocycles. The highest BCUT2D eigenvalue weighted by atomic mass is 16.5. The van der Waals surface area contributed by atoms with Crippen LogP contribution in [-0.4, -0.2) is 35.9 Å². The summed E-state index contributed by atoms with van der Waals surface area (Å²) < 4.78 is 10.6. The molecule has 18 heavy (non-hydrogen) atoms. The third kappa shape index (κ3) is 2.37. The van der Waals surface area contributed by atoms with E-state index in [1.807, 2.05) is 0 Å². The van der Waals surface area contributed by atoms with Crippen molar-refractivity contribution in [3.05, 3.63) is 5.89 Å². The molecule has 2 unspecified atom stereocenters. The molecule has 2 aliphatic rings. The molecule has 2 saturated heterocycles. The number of aromatic nitrogens is 2. The molecule has 2 atom stereocenters. The molecule has 0 radical (unpaired) electrons. The summed E-state index contributed by atoms with van der Waals surface area (Å²) in [5, 5.41) is 13.7. The molecule has 2 aliphatic heterocycles. The number of hydrogen-bond acceptors (Lipinski definition) is 6. The number of anilines is 1. The van der Waals surface area contributed by atoms with Crippen LogP contribution in [0.2, 0.25) is 0 Å². The Morgan fingerprint density at radius 1 is 1.39 bits per heavy atom. The normalized spacial score (nSPS) is 27.6. The topological polar surface area (TPSA) is 89.3 Å². The van der Waals surface area contributed by atoms with Gasteiger partial charge in [0.1, 0.15) is 0 Å². The van der Waals surface area contributed by atoms with Crippen LogP contribution in [0.4, 0.5) is 6.01 Å². The predicted octanol–water partition coefficient (Wildman–Crippen LogP) is 0.469. The molecule has 1 aromatic heterocycles. The van der Waals surface area contributed by atoms with Crippen LogP contribution < -0.4 is 10.6 Å². The fourth-order valence-corrected chi connectivity index (χ4v) is 2.27. The summed E-state index contributed by atoms with van der Waals surface area (Å²) in [5.41, 5.74) is 0. The average molecular weight is 252 g/mol. The fraction of sp³-hybridized carbons (Fsp3) is 0.727. The Kier molecular flexibility index (Phi) is 3.24. The number of carbonyl (C=O) groups is 1. The minimum atomic E-state index is -0.109. The third-order valence-electron chi connectivity index (χ3n) is 3.33. The molecule has 0 spiro atoms. The van der Waals surface area contributed by atoms with Crippen LogP contribution in [0, 0.1) is 5.92 Å². The Labute approximate surface area is 104 Å². The molecule has 3 heterocycles. The van der Waals surface area contributed by atoms with Gasteiger partial charge < -0.3 is 14.5 Å². The van der Waals surface area contributed by atoms with Crippen molar-refractivity contribution in [1.82, 2.24) is 15.5 Å². The van der Waals surface area contributed by atoms with Crippen molar-refractivity contribution in [2.24, 2.45) is 5.92 Å². The van der Waals surface area contributed by atoms with E-state index in [1.165, 1.54) is 0 Å². The number of carbonyl (C=O) groups excluding carboxylic acids is 1. The van der Waals surface area contributed by atoms with E-state index in [-0.39, 0.29) is 23.9 Å². The molecule has 2 fully saturated rings. The second kappa shape index (κ2) is 5.03. The monoisotopic (exact) mass is 252 g/mol. The van der Waals surface area contributed by atoms with Gasteiger partial charge in [-0.05, 0) is 25.8 Å². The molecule has 7 heteroatoms. The van der Waals surface area contributed by atoms with E-state index >= 15 is 0 Å². The summed E-state index contributed by atoms with van der Waals surface area (Å²) in [4.78, 5) is 11.8.